The van der Waals surface area contributed by atoms with Gasteiger partial charge in [-0.05, 0) is 35.9 Å². The van der Waals surface area contributed by atoms with E-state index < -0.39 is 0 Å². The zero-order chi connectivity index (χ0) is 19.1. The number of hydrogen-bond donors (Lipinski definition) is 2. The summed E-state index contributed by atoms with van der Waals surface area (Å²) in [7, 11) is 2.09. The molecule has 0 saturated carbocycles. The van der Waals surface area contributed by atoms with Crippen molar-refractivity contribution in [2.75, 3.05) is 18.4 Å². The van der Waals surface area contributed by atoms with E-state index in [0.29, 0.717) is 0 Å². The number of carbonyl (C=O) groups excluding carboxylic acids is 1. The minimum absolute atomic E-state index is 0.0370. The van der Waals surface area contributed by atoms with Gasteiger partial charge in [-0.25, -0.2) is 0 Å². The number of anilines is 1. The Morgan fingerprint density at radius 2 is 1.96 bits per heavy atom. The molecule has 2 aliphatic rings. The highest BCUT2D eigenvalue weighted by Crippen LogP contribution is 2.40. The first-order valence-electron chi connectivity index (χ1n) is 9.59. The molecule has 144 valence electrons. The standard InChI is InChI=1S/C21H23N5OS/c1-25-10-2-3-16(25)14-26-11-6-21(7-12-26)23-17-13-18(15-4-8-22-9-5-15)28-19(17)20(27)24-21/h2-5,8-10,13,23H,6-7,11-12,14H2,1H3,(H,24,27). The zero-order valence-corrected chi connectivity index (χ0v) is 16.6. The smallest absolute Gasteiger partial charge is 0.265 e. The molecule has 0 atom stereocenters. The Balaban J connectivity index is 1.32. The molecule has 3 aromatic rings. The first-order valence-corrected chi connectivity index (χ1v) is 10.4. The Morgan fingerprint density at radius 1 is 1.18 bits per heavy atom. The average molecular weight is 394 g/mol. The van der Waals surface area contributed by atoms with Crippen molar-refractivity contribution in [3.8, 4) is 10.4 Å². The maximum atomic E-state index is 12.8. The molecule has 3 aromatic heterocycles. The van der Waals surface area contributed by atoms with Crippen LogP contribution < -0.4 is 10.6 Å². The Morgan fingerprint density at radius 3 is 2.68 bits per heavy atom. The van der Waals surface area contributed by atoms with Crippen molar-refractivity contribution in [2.24, 2.45) is 7.05 Å². The summed E-state index contributed by atoms with van der Waals surface area (Å²) in [5, 5.41) is 6.91. The molecule has 0 aromatic carbocycles. The second-order valence-electron chi connectivity index (χ2n) is 7.64. The van der Waals surface area contributed by atoms with Crippen LogP contribution in [-0.2, 0) is 13.6 Å². The van der Waals surface area contributed by atoms with Crippen molar-refractivity contribution >= 4 is 22.9 Å². The van der Waals surface area contributed by atoms with Gasteiger partial charge in [-0.1, -0.05) is 0 Å². The molecule has 6 nitrogen and oxygen atoms in total. The highest BCUT2D eigenvalue weighted by atomic mass is 32.1. The summed E-state index contributed by atoms with van der Waals surface area (Å²) in [5.74, 6) is 0.0370. The van der Waals surface area contributed by atoms with Gasteiger partial charge in [-0.15, -0.1) is 11.3 Å². The Labute approximate surface area is 168 Å². The minimum Gasteiger partial charge on any atom is -0.361 e. The fourth-order valence-corrected chi connectivity index (χ4v) is 5.12. The van der Waals surface area contributed by atoms with Gasteiger partial charge in [0, 0.05) is 68.7 Å². The predicted molar refractivity (Wildman–Crippen MR) is 111 cm³/mol. The quantitative estimate of drug-likeness (QED) is 0.717. The lowest BCUT2D eigenvalue weighted by atomic mass is 9.94. The zero-order valence-electron chi connectivity index (χ0n) is 15.8. The number of amides is 1. The van der Waals surface area contributed by atoms with Crippen molar-refractivity contribution in [3.05, 3.63) is 59.5 Å². The van der Waals surface area contributed by atoms with Crippen LogP contribution in [-0.4, -0.2) is 39.1 Å². The number of nitrogens with zero attached hydrogens (tertiary/aromatic N) is 3. The maximum absolute atomic E-state index is 12.8. The highest BCUT2D eigenvalue weighted by Gasteiger charge is 2.41. The summed E-state index contributed by atoms with van der Waals surface area (Å²) < 4.78 is 2.17. The van der Waals surface area contributed by atoms with Crippen LogP contribution in [0.25, 0.3) is 10.4 Å². The number of nitrogens with one attached hydrogen (secondary N) is 2. The SMILES string of the molecule is Cn1cccc1CN1CCC2(CC1)NC(=O)c1sc(-c3ccncc3)cc1N2. The van der Waals surface area contributed by atoms with Gasteiger partial charge in [-0.3, -0.25) is 14.7 Å². The minimum atomic E-state index is -0.342. The van der Waals surface area contributed by atoms with Crippen LogP contribution in [0.1, 0.15) is 28.2 Å². The summed E-state index contributed by atoms with van der Waals surface area (Å²) in [5.41, 5.74) is 3.02. The number of thiophene rings is 1. The number of aromatic nitrogens is 2. The van der Waals surface area contributed by atoms with Gasteiger partial charge in [0.25, 0.3) is 5.91 Å². The largest absolute Gasteiger partial charge is 0.361 e. The summed E-state index contributed by atoms with van der Waals surface area (Å²) in [6.07, 6.45) is 7.44. The Bertz CT molecular complexity index is 1000. The summed E-state index contributed by atoms with van der Waals surface area (Å²) in [6, 6.07) is 10.3. The van der Waals surface area contributed by atoms with Gasteiger partial charge in [-0.2, -0.15) is 0 Å². The van der Waals surface area contributed by atoms with Crippen molar-refractivity contribution < 1.29 is 4.79 Å². The van der Waals surface area contributed by atoms with Crippen LogP contribution in [0.15, 0.2) is 48.9 Å². The monoisotopic (exact) mass is 393 g/mol. The first-order chi connectivity index (χ1) is 13.6. The third kappa shape index (κ3) is 3.10. The van der Waals surface area contributed by atoms with E-state index >= 15 is 0 Å². The lowest BCUT2D eigenvalue weighted by Crippen LogP contribution is -2.61. The first kappa shape index (κ1) is 17.5. The number of fused-ring (bicyclic) bond motifs is 1. The normalized spacial score (nSPS) is 18.5. The Kier molecular flexibility index (Phi) is 4.21. The maximum Gasteiger partial charge on any atom is 0.265 e. The molecule has 0 aliphatic carbocycles. The number of likely N-dealkylation sites (tertiary alicyclic amines) is 1. The molecule has 2 aliphatic heterocycles. The number of hydrogen-bond acceptors (Lipinski definition) is 5. The second kappa shape index (κ2) is 6.76. The van der Waals surface area contributed by atoms with Crippen LogP contribution >= 0.6 is 11.3 Å². The third-order valence-electron chi connectivity index (χ3n) is 5.78. The molecule has 28 heavy (non-hydrogen) atoms. The van der Waals surface area contributed by atoms with E-state index in [0.717, 1.165) is 53.5 Å². The third-order valence-corrected chi connectivity index (χ3v) is 6.96. The predicted octanol–water partition coefficient (Wildman–Crippen LogP) is 3.30. The van der Waals surface area contributed by atoms with E-state index in [4.69, 9.17) is 0 Å². The van der Waals surface area contributed by atoms with Crippen molar-refractivity contribution in [1.29, 1.82) is 0 Å². The summed E-state index contributed by atoms with van der Waals surface area (Å²) in [4.78, 5) is 21.2. The lowest BCUT2D eigenvalue weighted by Gasteiger charge is -2.45. The van der Waals surface area contributed by atoms with Crippen molar-refractivity contribution in [2.45, 2.75) is 25.0 Å². The number of pyridine rings is 1. The molecule has 1 amide bonds. The molecular formula is C21H23N5OS. The molecule has 5 heterocycles. The second-order valence-corrected chi connectivity index (χ2v) is 8.69. The van der Waals surface area contributed by atoms with Crippen LogP contribution in [0.3, 0.4) is 0 Å². The van der Waals surface area contributed by atoms with Crippen LogP contribution in [0.2, 0.25) is 0 Å². The van der Waals surface area contributed by atoms with E-state index in [9.17, 15) is 4.79 Å². The Hall–Kier alpha value is -2.64. The molecular weight excluding hydrogens is 370 g/mol. The number of rotatable bonds is 3. The van der Waals surface area contributed by atoms with Gasteiger partial charge in [0.05, 0.1) is 5.69 Å². The van der Waals surface area contributed by atoms with Crippen molar-refractivity contribution in [1.82, 2.24) is 19.8 Å². The fourth-order valence-electron chi connectivity index (χ4n) is 4.11. The van der Waals surface area contributed by atoms with Crippen molar-refractivity contribution in [3.63, 3.8) is 0 Å². The van der Waals surface area contributed by atoms with Crippen LogP contribution in [0, 0.1) is 0 Å². The van der Waals surface area contributed by atoms with E-state index in [1.165, 1.54) is 17.0 Å². The number of aryl methyl sites for hydroxylation is 1. The van der Waals surface area contributed by atoms with Gasteiger partial charge in [0.2, 0.25) is 0 Å². The molecule has 5 rings (SSSR count). The van der Waals surface area contributed by atoms with Crippen LogP contribution in [0.4, 0.5) is 5.69 Å². The van der Waals surface area contributed by atoms with E-state index in [-0.39, 0.29) is 11.6 Å². The molecule has 7 heteroatoms. The molecule has 1 saturated heterocycles. The van der Waals surface area contributed by atoms with Gasteiger partial charge >= 0.3 is 0 Å². The summed E-state index contributed by atoms with van der Waals surface area (Å²) in [6.45, 7) is 2.85. The van der Waals surface area contributed by atoms with E-state index in [1.54, 1.807) is 12.4 Å². The molecule has 0 radical (unpaired) electrons. The molecule has 1 spiro atoms. The van der Waals surface area contributed by atoms with E-state index in [2.05, 4.69) is 56.5 Å². The molecule has 2 N–H and O–H groups in total. The highest BCUT2D eigenvalue weighted by molar-refractivity contribution is 7.18. The fraction of sp³-hybridized carbons (Fsp3) is 0.333. The van der Waals surface area contributed by atoms with Gasteiger partial charge in [0.1, 0.15) is 10.5 Å². The lowest BCUT2D eigenvalue weighted by molar-refractivity contribution is 0.0825. The topological polar surface area (TPSA) is 62.2 Å². The number of piperidine rings is 1. The molecule has 0 bridgehead atoms. The van der Waals surface area contributed by atoms with Gasteiger partial charge in [0.15, 0.2) is 0 Å². The summed E-state index contributed by atoms with van der Waals surface area (Å²) >= 11 is 1.53. The van der Waals surface area contributed by atoms with Crippen LogP contribution in [0.5, 0.6) is 0 Å². The average Bonchev–Trinajstić information content (AvgIpc) is 3.31. The molecule has 1 fully saturated rings. The molecule has 0 unspecified atom stereocenters. The van der Waals surface area contributed by atoms with Gasteiger partial charge < -0.3 is 15.2 Å². The van der Waals surface area contributed by atoms with E-state index in [1.807, 2.05) is 12.1 Å². The number of carbonyl (C=O) groups is 1.